The van der Waals surface area contributed by atoms with Gasteiger partial charge in [0, 0.05) is 25.1 Å². The van der Waals surface area contributed by atoms with Gasteiger partial charge in [-0.1, -0.05) is 0 Å². The molecule has 0 fully saturated rings. The van der Waals surface area contributed by atoms with E-state index in [1.54, 1.807) is 18.2 Å². The summed E-state index contributed by atoms with van der Waals surface area (Å²) in [4.78, 5) is 11.5. The maximum Gasteiger partial charge on any atom is 0.283 e. The average molecular weight is 279 g/mol. The van der Waals surface area contributed by atoms with Crippen molar-refractivity contribution in [3.63, 3.8) is 0 Å². The molecule has 8 heteroatoms. The summed E-state index contributed by atoms with van der Waals surface area (Å²) in [5.41, 5.74) is 0.438. The van der Waals surface area contributed by atoms with Crippen LogP contribution in [0.1, 0.15) is 6.92 Å². The lowest BCUT2D eigenvalue weighted by atomic mass is 10.4. The molecule has 0 aliphatic heterocycles. The molecule has 0 radical (unpaired) electrons. The average Bonchev–Trinajstić information content (AvgIpc) is 2.40. The molecule has 0 aliphatic rings. The van der Waals surface area contributed by atoms with Crippen molar-refractivity contribution in [2.45, 2.75) is 11.9 Å². The maximum absolute atomic E-state index is 12.2. The second kappa shape index (κ2) is 5.61. The fourth-order valence-electron chi connectivity index (χ4n) is 1.45. The Morgan fingerprint density at radius 3 is 2.47 bits per heavy atom. The topological polar surface area (TPSA) is 96.9 Å². The predicted molar refractivity (Wildman–Crippen MR) is 71.2 cm³/mol. The lowest BCUT2D eigenvalue weighted by Crippen LogP contribution is -2.18. The van der Waals surface area contributed by atoms with Gasteiger partial charge >= 0.3 is 0 Å². The van der Waals surface area contributed by atoms with Crippen molar-refractivity contribution in [3.05, 3.63) is 36.8 Å². The van der Waals surface area contributed by atoms with Crippen LogP contribution in [0.3, 0.4) is 0 Å². The van der Waals surface area contributed by atoms with E-state index in [0.29, 0.717) is 12.2 Å². The Balaban J connectivity index is 2.35. The van der Waals surface area contributed by atoms with Gasteiger partial charge in [-0.05, 0) is 25.1 Å². The van der Waals surface area contributed by atoms with Crippen LogP contribution in [0.4, 0.5) is 11.6 Å². The highest BCUT2D eigenvalue weighted by molar-refractivity contribution is 7.92. The number of rotatable bonds is 5. The van der Waals surface area contributed by atoms with Crippen LogP contribution in [0, 0.1) is 0 Å². The van der Waals surface area contributed by atoms with Crippen molar-refractivity contribution >= 4 is 21.7 Å². The lowest BCUT2D eigenvalue weighted by Gasteiger charge is -2.10. The molecule has 7 nitrogen and oxygen atoms in total. The summed E-state index contributed by atoms with van der Waals surface area (Å²) in [7, 11) is -3.81. The van der Waals surface area contributed by atoms with Crippen LogP contribution < -0.4 is 10.0 Å². The number of hydrogen-bond acceptors (Lipinski definition) is 6. The molecule has 0 saturated heterocycles. The number of pyridine rings is 1. The monoisotopic (exact) mass is 279 g/mol. The molecule has 0 aliphatic carbocycles. The molecular formula is C11H13N5O2S. The molecule has 19 heavy (non-hydrogen) atoms. The van der Waals surface area contributed by atoms with Crippen LogP contribution in [0.2, 0.25) is 0 Å². The molecule has 2 heterocycles. The summed E-state index contributed by atoms with van der Waals surface area (Å²) in [5.74, 6) is 0.00982. The third-order valence-electron chi connectivity index (χ3n) is 2.18. The molecule has 0 atom stereocenters. The van der Waals surface area contributed by atoms with Gasteiger partial charge in [-0.3, -0.25) is 0 Å². The maximum atomic E-state index is 12.2. The molecule has 0 spiro atoms. The van der Waals surface area contributed by atoms with Crippen molar-refractivity contribution in [1.29, 1.82) is 0 Å². The van der Waals surface area contributed by atoms with Crippen LogP contribution in [-0.4, -0.2) is 29.9 Å². The van der Waals surface area contributed by atoms with Gasteiger partial charge in [-0.25, -0.2) is 19.7 Å². The summed E-state index contributed by atoms with van der Waals surface area (Å²) >= 11 is 0. The Hall–Kier alpha value is -2.22. The molecule has 0 bridgehead atoms. The van der Waals surface area contributed by atoms with E-state index < -0.39 is 10.0 Å². The van der Waals surface area contributed by atoms with Gasteiger partial charge in [-0.2, -0.15) is 8.42 Å². The molecular weight excluding hydrogens is 266 g/mol. The Bertz CT molecular complexity index is 645. The van der Waals surface area contributed by atoms with E-state index >= 15 is 0 Å². The quantitative estimate of drug-likeness (QED) is 0.850. The van der Waals surface area contributed by atoms with Gasteiger partial charge in [0.25, 0.3) is 10.0 Å². The van der Waals surface area contributed by atoms with E-state index in [1.165, 1.54) is 18.6 Å². The minimum atomic E-state index is -3.81. The molecule has 100 valence electrons. The van der Waals surface area contributed by atoms with E-state index in [1.807, 2.05) is 6.92 Å². The number of nitrogens with one attached hydrogen (secondary N) is 2. The molecule has 0 unspecified atom stereocenters. The van der Waals surface area contributed by atoms with Crippen LogP contribution in [0.25, 0.3) is 0 Å². The molecule has 2 rings (SSSR count). The summed E-state index contributed by atoms with van der Waals surface area (Å²) in [6.45, 7) is 2.47. The van der Waals surface area contributed by atoms with E-state index in [9.17, 15) is 8.42 Å². The number of hydrogen-bond donors (Lipinski definition) is 2. The first-order valence-electron chi connectivity index (χ1n) is 5.62. The van der Waals surface area contributed by atoms with Crippen LogP contribution in [0.5, 0.6) is 0 Å². The van der Waals surface area contributed by atoms with Gasteiger partial charge in [0.15, 0.2) is 5.03 Å². The van der Waals surface area contributed by atoms with Crippen LogP contribution >= 0.6 is 0 Å². The highest BCUT2D eigenvalue weighted by Gasteiger charge is 2.20. The largest absolute Gasteiger partial charge is 0.383 e. The molecule has 2 N–H and O–H groups in total. The first-order chi connectivity index (χ1) is 9.13. The second-order valence-electron chi connectivity index (χ2n) is 3.56. The van der Waals surface area contributed by atoms with Crippen molar-refractivity contribution in [2.75, 3.05) is 16.6 Å². The van der Waals surface area contributed by atoms with Crippen LogP contribution in [-0.2, 0) is 10.0 Å². The first-order valence-corrected chi connectivity index (χ1v) is 7.10. The predicted octanol–water partition coefficient (Wildman–Crippen LogP) is 1.10. The third-order valence-corrected chi connectivity index (χ3v) is 3.47. The van der Waals surface area contributed by atoms with E-state index in [0.717, 1.165) is 0 Å². The van der Waals surface area contributed by atoms with E-state index in [2.05, 4.69) is 25.0 Å². The summed E-state index contributed by atoms with van der Waals surface area (Å²) in [6.07, 6.45) is 4.32. The van der Waals surface area contributed by atoms with Gasteiger partial charge in [0.05, 0.1) is 5.69 Å². The normalized spacial score (nSPS) is 11.0. The minimum Gasteiger partial charge on any atom is -0.383 e. The Kier molecular flexibility index (Phi) is 3.91. The lowest BCUT2D eigenvalue weighted by molar-refractivity contribution is 0.597. The second-order valence-corrected chi connectivity index (χ2v) is 5.16. The van der Waals surface area contributed by atoms with Crippen molar-refractivity contribution < 1.29 is 8.42 Å². The highest BCUT2D eigenvalue weighted by atomic mass is 32.2. The minimum absolute atomic E-state index is 0.00982. The Labute approximate surface area is 111 Å². The van der Waals surface area contributed by atoms with Crippen LogP contribution in [0.15, 0.2) is 41.8 Å². The summed E-state index contributed by atoms with van der Waals surface area (Å²) in [6, 6.07) is 4.91. The molecule has 0 aromatic carbocycles. The third kappa shape index (κ3) is 3.16. The standard InChI is InChI=1S/C11H13N5O2S/c1-2-12-9-5-3-6-13-10(9)19(17,18)16-11-14-7-4-8-15-11/h3-8,12H,2H2,1H3,(H,14,15,16). The number of nitrogens with zero attached hydrogens (tertiary/aromatic N) is 3. The first kappa shape index (κ1) is 13.2. The fraction of sp³-hybridized carbons (Fsp3) is 0.182. The zero-order valence-corrected chi connectivity index (χ0v) is 11.1. The molecule has 0 saturated carbocycles. The fourth-order valence-corrected chi connectivity index (χ4v) is 2.52. The van der Waals surface area contributed by atoms with E-state index in [4.69, 9.17) is 0 Å². The van der Waals surface area contributed by atoms with Gasteiger partial charge in [-0.15, -0.1) is 0 Å². The number of anilines is 2. The molecule has 2 aromatic heterocycles. The summed E-state index contributed by atoms with van der Waals surface area (Å²) < 4.78 is 26.7. The summed E-state index contributed by atoms with van der Waals surface area (Å²) in [5, 5.41) is 2.87. The van der Waals surface area contributed by atoms with Gasteiger partial charge < -0.3 is 5.32 Å². The van der Waals surface area contributed by atoms with Crippen molar-refractivity contribution in [3.8, 4) is 0 Å². The Morgan fingerprint density at radius 2 is 1.79 bits per heavy atom. The SMILES string of the molecule is CCNc1cccnc1S(=O)(=O)Nc1ncccn1. The zero-order chi connectivity index (χ0) is 13.7. The highest BCUT2D eigenvalue weighted by Crippen LogP contribution is 2.19. The smallest absolute Gasteiger partial charge is 0.283 e. The zero-order valence-electron chi connectivity index (χ0n) is 10.2. The van der Waals surface area contributed by atoms with E-state index in [-0.39, 0.29) is 11.0 Å². The molecule has 0 amide bonds. The number of aromatic nitrogens is 3. The van der Waals surface area contributed by atoms with Crippen molar-refractivity contribution in [1.82, 2.24) is 15.0 Å². The number of sulfonamides is 1. The molecule has 2 aromatic rings. The van der Waals surface area contributed by atoms with Gasteiger partial charge in [0.1, 0.15) is 0 Å². The van der Waals surface area contributed by atoms with Crippen molar-refractivity contribution in [2.24, 2.45) is 0 Å². The Morgan fingerprint density at radius 1 is 1.11 bits per heavy atom. The van der Waals surface area contributed by atoms with Gasteiger partial charge in [0.2, 0.25) is 5.95 Å².